The molecule has 0 spiro atoms. The average Bonchev–Trinajstić information content (AvgIpc) is 2.33. The number of nitrogens with zero attached hydrogens (tertiary/aromatic N) is 2. The van der Waals surface area contributed by atoms with Gasteiger partial charge in [-0.05, 0) is 0 Å². The lowest BCUT2D eigenvalue weighted by Crippen LogP contribution is -2.33. The van der Waals surface area contributed by atoms with E-state index >= 15 is 0 Å². The molecule has 0 amide bonds. The van der Waals surface area contributed by atoms with Gasteiger partial charge in [0.25, 0.3) is 0 Å². The lowest BCUT2D eigenvalue weighted by molar-refractivity contribution is -0.129. The lowest BCUT2D eigenvalue weighted by Gasteiger charge is -2.23. The van der Waals surface area contributed by atoms with Crippen LogP contribution in [0.3, 0.4) is 0 Å². The molecule has 1 aromatic heterocycles. The molecule has 4 heteroatoms. The highest BCUT2D eigenvalue weighted by Crippen LogP contribution is 2.21. The van der Waals surface area contributed by atoms with Crippen LogP contribution in [0.4, 0.5) is 0 Å². The fraction of sp³-hybridized carbons (Fsp3) is 0.500. The largest absolute Gasteiger partial charge is 0.486 e. The summed E-state index contributed by atoms with van der Waals surface area (Å²) in [7, 11) is 1.83. The topological polar surface area (TPSA) is 44.1 Å². The lowest BCUT2D eigenvalue weighted by atomic mass is 9.94. The molecular formula is C8H10N2O2. The summed E-state index contributed by atoms with van der Waals surface area (Å²) < 4.78 is 7.11. The number of hydrogen-bond donors (Lipinski definition) is 0. The number of aryl methyl sites for hydroxylation is 1. The molecule has 4 nitrogen and oxygen atoms in total. The van der Waals surface area contributed by atoms with E-state index in [1.54, 1.807) is 17.1 Å². The van der Waals surface area contributed by atoms with E-state index in [9.17, 15) is 4.79 Å². The van der Waals surface area contributed by atoms with E-state index < -0.39 is 0 Å². The predicted octanol–water partition coefficient (Wildman–Crippen LogP) is 0.530. The van der Waals surface area contributed by atoms with Gasteiger partial charge in [-0.3, -0.25) is 9.48 Å². The Bertz CT molecular complexity index is 298. The van der Waals surface area contributed by atoms with E-state index in [0.29, 0.717) is 12.8 Å². The molecule has 1 aromatic rings. The van der Waals surface area contributed by atoms with Crippen LogP contribution in [-0.2, 0) is 11.8 Å². The summed E-state index contributed by atoms with van der Waals surface area (Å²) in [6.07, 6.45) is 4.64. The normalized spacial score (nSPS) is 17.6. The average molecular weight is 166 g/mol. The number of hydrogen-bond acceptors (Lipinski definition) is 3. The van der Waals surface area contributed by atoms with Gasteiger partial charge < -0.3 is 4.74 Å². The van der Waals surface area contributed by atoms with Gasteiger partial charge in [0.05, 0.1) is 12.4 Å². The summed E-state index contributed by atoms with van der Waals surface area (Å²) >= 11 is 0. The molecule has 1 heterocycles. The Balaban J connectivity index is 1.92. The molecule has 0 radical (unpaired) electrons. The highest BCUT2D eigenvalue weighted by Gasteiger charge is 2.28. The van der Waals surface area contributed by atoms with Crippen LogP contribution in [0, 0.1) is 0 Å². The second kappa shape index (κ2) is 2.62. The highest BCUT2D eigenvalue weighted by molar-refractivity contribution is 5.85. The first-order valence-electron chi connectivity index (χ1n) is 3.91. The summed E-state index contributed by atoms with van der Waals surface area (Å²) in [5.74, 6) is 1.03. The van der Waals surface area contributed by atoms with Crippen LogP contribution < -0.4 is 4.74 Å². The summed E-state index contributed by atoms with van der Waals surface area (Å²) in [5.41, 5.74) is 0. The number of rotatable bonds is 2. The van der Waals surface area contributed by atoms with E-state index in [4.69, 9.17) is 4.74 Å². The fourth-order valence-electron chi connectivity index (χ4n) is 1.18. The van der Waals surface area contributed by atoms with Gasteiger partial charge in [-0.1, -0.05) is 0 Å². The zero-order valence-corrected chi connectivity index (χ0v) is 6.86. The van der Waals surface area contributed by atoms with Crippen molar-refractivity contribution in [2.45, 2.75) is 18.9 Å². The Labute approximate surface area is 70.1 Å². The highest BCUT2D eigenvalue weighted by atomic mass is 16.5. The van der Waals surface area contributed by atoms with Gasteiger partial charge in [-0.25, -0.2) is 0 Å². The maximum atomic E-state index is 10.6. The van der Waals surface area contributed by atoms with Crippen molar-refractivity contribution in [3.05, 3.63) is 12.4 Å². The van der Waals surface area contributed by atoms with Gasteiger partial charge in [0, 0.05) is 19.9 Å². The SMILES string of the molecule is Cn1cc(OC2CC(=O)C2)cn1. The van der Waals surface area contributed by atoms with Crippen LogP contribution in [0.15, 0.2) is 12.4 Å². The van der Waals surface area contributed by atoms with Crippen molar-refractivity contribution >= 4 is 5.78 Å². The van der Waals surface area contributed by atoms with Gasteiger partial charge in [-0.2, -0.15) is 5.10 Å². The molecule has 1 fully saturated rings. The number of ether oxygens (including phenoxy) is 1. The molecule has 0 atom stereocenters. The van der Waals surface area contributed by atoms with Crippen LogP contribution in [0.2, 0.25) is 0 Å². The number of Topliss-reactive ketones (excluding diaryl/α,β-unsaturated/α-hetero) is 1. The smallest absolute Gasteiger partial charge is 0.157 e. The molecule has 0 aliphatic heterocycles. The van der Waals surface area contributed by atoms with Gasteiger partial charge in [0.2, 0.25) is 0 Å². The molecule has 1 aliphatic carbocycles. The van der Waals surface area contributed by atoms with Gasteiger partial charge in [0.1, 0.15) is 11.9 Å². The van der Waals surface area contributed by atoms with E-state index in [-0.39, 0.29) is 11.9 Å². The Morgan fingerprint density at radius 3 is 2.92 bits per heavy atom. The standard InChI is InChI=1S/C8H10N2O2/c1-10-5-8(4-9-10)12-7-2-6(11)3-7/h4-5,7H,2-3H2,1H3. The Kier molecular flexibility index (Phi) is 1.60. The molecule has 64 valence electrons. The van der Waals surface area contributed by atoms with E-state index in [1.807, 2.05) is 7.05 Å². The maximum absolute atomic E-state index is 10.6. The van der Waals surface area contributed by atoms with Crippen molar-refractivity contribution in [2.24, 2.45) is 7.05 Å². The third-order valence-electron chi connectivity index (χ3n) is 1.89. The predicted molar refractivity (Wildman–Crippen MR) is 41.9 cm³/mol. The van der Waals surface area contributed by atoms with Crippen molar-refractivity contribution in [3.8, 4) is 5.75 Å². The van der Waals surface area contributed by atoms with Crippen LogP contribution in [0.25, 0.3) is 0 Å². The van der Waals surface area contributed by atoms with Crippen molar-refractivity contribution in [3.63, 3.8) is 0 Å². The monoisotopic (exact) mass is 166 g/mol. The summed E-state index contributed by atoms with van der Waals surface area (Å²) in [6.45, 7) is 0. The minimum atomic E-state index is 0.0849. The molecule has 0 N–H and O–H groups in total. The van der Waals surface area contributed by atoms with Crippen LogP contribution in [0.5, 0.6) is 5.75 Å². The van der Waals surface area contributed by atoms with Crippen LogP contribution >= 0.6 is 0 Å². The first-order valence-corrected chi connectivity index (χ1v) is 3.91. The summed E-state index contributed by atoms with van der Waals surface area (Å²) in [6, 6.07) is 0. The van der Waals surface area contributed by atoms with Crippen LogP contribution in [0.1, 0.15) is 12.8 Å². The molecule has 0 saturated heterocycles. The molecular weight excluding hydrogens is 156 g/mol. The number of aromatic nitrogens is 2. The van der Waals surface area contributed by atoms with E-state index in [0.717, 1.165) is 5.75 Å². The third-order valence-corrected chi connectivity index (χ3v) is 1.89. The molecule has 12 heavy (non-hydrogen) atoms. The Morgan fingerprint density at radius 2 is 2.42 bits per heavy atom. The van der Waals surface area contributed by atoms with E-state index in [2.05, 4.69) is 5.10 Å². The minimum absolute atomic E-state index is 0.0849. The van der Waals surface area contributed by atoms with Crippen molar-refractivity contribution in [1.82, 2.24) is 9.78 Å². The molecule has 0 unspecified atom stereocenters. The third kappa shape index (κ3) is 1.32. The molecule has 0 bridgehead atoms. The Morgan fingerprint density at radius 1 is 1.67 bits per heavy atom. The van der Waals surface area contributed by atoms with E-state index in [1.165, 1.54) is 0 Å². The zero-order valence-electron chi connectivity index (χ0n) is 6.86. The van der Waals surface area contributed by atoms with Gasteiger partial charge in [-0.15, -0.1) is 0 Å². The summed E-state index contributed by atoms with van der Waals surface area (Å²) in [5, 5.41) is 3.95. The second-order valence-electron chi connectivity index (χ2n) is 3.04. The second-order valence-corrected chi connectivity index (χ2v) is 3.04. The maximum Gasteiger partial charge on any atom is 0.157 e. The molecule has 1 aliphatic rings. The zero-order chi connectivity index (χ0) is 8.55. The number of carbonyl (C=O) groups is 1. The quantitative estimate of drug-likeness (QED) is 0.643. The number of ketones is 1. The van der Waals surface area contributed by atoms with Gasteiger partial charge in [0.15, 0.2) is 5.75 Å². The molecule has 1 saturated carbocycles. The summed E-state index contributed by atoms with van der Waals surface area (Å²) in [4.78, 5) is 10.6. The number of carbonyl (C=O) groups excluding carboxylic acids is 1. The fourth-order valence-corrected chi connectivity index (χ4v) is 1.18. The van der Waals surface area contributed by atoms with Gasteiger partial charge >= 0.3 is 0 Å². The van der Waals surface area contributed by atoms with Crippen molar-refractivity contribution in [1.29, 1.82) is 0 Å². The first kappa shape index (κ1) is 7.34. The molecule has 0 aromatic carbocycles. The molecule has 2 rings (SSSR count). The van der Waals surface area contributed by atoms with Crippen molar-refractivity contribution in [2.75, 3.05) is 0 Å². The Hall–Kier alpha value is -1.32. The minimum Gasteiger partial charge on any atom is -0.486 e. The van der Waals surface area contributed by atoms with Crippen molar-refractivity contribution < 1.29 is 9.53 Å². The first-order chi connectivity index (χ1) is 5.74. The van der Waals surface area contributed by atoms with Crippen LogP contribution in [-0.4, -0.2) is 21.7 Å².